The Morgan fingerprint density at radius 2 is 1.81 bits per heavy atom. The summed E-state index contributed by atoms with van der Waals surface area (Å²) >= 11 is 0. The Labute approximate surface area is 244 Å². The number of nitrogens with zero attached hydrogens (tertiary/aromatic N) is 4. The number of aliphatic hydroxyl groups excluding tert-OH is 1. The minimum Gasteiger partial charge on any atom is -0.405 e. The van der Waals surface area contributed by atoms with E-state index >= 15 is 0 Å². The predicted molar refractivity (Wildman–Crippen MR) is 151 cm³/mol. The predicted octanol–water partition coefficient (Wildman–Crippen LogP) is 5.70. The van der Waals surface area contributed by atoms with Crippen molar-refractivity contribution in [2.75, 3.05) is 24.2 Å². The van der Waals surface area contributed by atoms with Crippen LogP contribution in [-0.4, -0.2) is 58.1 Å². The van der Waals surface area contributed by atoms with Crippen LogP contribution in [0.15, 0.2) is 30.5 Å². The average molecular weight is 585 g/mol. The second kappa shape index (κ2) is 11.5. The van der Waals surface area contributed by atoms with Crippen molar-refractivity contribution in [1.29, 1.82) is 5.26 Å². The van der Waals surface area contributed by atoms with Crippen molar-refractivity contribution in [2.24, 2.45) is 23.2 Å². The third kappa shape index (κ3) is 6.16. The van der Waals surface area contributed by atoms with Gasteiger partial charge in [0, 0.05) is 30.7 Å². The average Bonchev–Trinajstić information content (AvgIpc) is 2.94. The maximum Gasteiger partial charge on any atom is 0.573 e. The molecule has 0 amide bonds. The summed E-state index contributed by atoms with van der Waals surface area (Å²) in [5.41, 5.74) is 0.813. The number of nitrogens with one attached hydrogen (secondary N) is 2. The lowest BCUT2D eigenvalue weighted by molar-refractivity contribution is -0.274. The molecule has 7 rings (SSSR count). The zero-order valence-corrected chi connectivity index (χ0v) is 23.9. The number of anilines is 2. The maximum absolute atomic E-state index is 12.8. The van der Waals surface area contributed by atoms with E-state index in [1.54, 1.807) is 12.1 Å². The lowest BCUT2D eigenvalue weighted by atomic mass is 9.47. The highest BCUT2D eigenvalue weighted by atomic mass is 19.4. The van der Waals surface area contributed by atoms with Crippen LogP contribution in [0.25, 0.3) is 0 Å². The van der Waals surface area contributed by atoms with Crippen LogP contribution in [-0.2, 0) is 6.54 Å². The number of halogens is 3. The molecular weight excluding hydrogens is 545 g/mol. The molecule has 42 heavy (non-hydrogen) atoms. The molecule has 5 aliphatic rings. The van der Waals surface area contributed by atoms with E-state index in [1.807, 2.05) is 0 Å². The molecule has 5 fully saturated rings. The van der Waals surface area contributed by atoms with Crippen molar-refractivity contribution >= 4 is 11.8 Å². The van der Waals surface area contributed by atoms with E-state index < -0.39 is 6.36 Å². The number of rotatable bonds is 9. The molecule has 226 valence electrons. The molecule has 4 bridgehead atoms. The summed E-state index contributed by atoms with van der Waals surface area (Å²) in [5.74, 6) is 2.44. The molecule has 8 nitrogen and oxygen atoms in total. The fraction of sp³-hybridized carbons (Fsp3) is 0.645. The van der Waals surface area contributed by atoms with Crippen LogP contribution in [0.1, 0.15) is 68.9 Å². The van der Waals surface area contributed by atoms with Crippen LogP contribution in [0.2, 0.25) is 0 Å². The molecule has 0 radical (unpaired) electrons. The van der Waals surface area contributed by atoms with Gasteiger partial charge in [-0.3, -0.25) is 4.90 Å². The van der Waals surface area contributed by atoms with E-state index in [0.29, 0.717) is 40.9 Å². The molecule has 0 saturated heterocycles. The molecule has 11 heteroatoms. The number of para-hydroxylation sites is 1. The second-order valence-corrected chi connectivity index (χ2v) is 13.0. The summed E-state index contributed by atoms with van der Waals surface area (Å²) in [6.45, 7) is 0.761. The van der Waals surface area contributed by atoms with Crippen LogP contribution in [0.5, 0.6) is 5.75 Å². The van der Waals surface area contributed by atoms with Gasteiger partial charge in [0.1, 0.15) is 23.2 Å². The van der Waals surface area contributed by atoms with Crippen molar-refractivity contribution in [1.82, 2.24) is 14.9 Å². The normalized spacial score (nSPS) is 32.0. The zero-order chi connectivity index (χ0) is 29.5. The Kier molecular flexibility index (Phi) is 7.96. The van der Waals surface area contributed by atoms with Crippen LogP contribution in [0.3, 0.4) is 0 Å². The summed E-state index contributed by atoms with van der Waals surface area (Å²) in [6.07, 6.45) is 6.54. The summed E-state index contributed by atoms with van der Waals surface area (Å²) < 4.78 is 42.6. The molecule has 3 N–H and O–H groups in total. The van der Waals surface area contributed by atoms with Gasteiger partial charge in [-0.2, -0.15) is 10.2 Å². The summed E-state index contributed by atoms with van der Waals surface area (Å²) in [4.78, 5) is 11.4. The second-order valence-electron chi connectivity index (χ2n) is 13.0. The highest BCUT2D eigenvalue weighted by Gasteiger charge is 2.56. The number of hydrogen-bond acceptors (Lipinski definition) is 8. The first-order valence-electron chi connectivity index (χ1n) is 15.1. The fourth-order valence-corrected chi connectivity index (χ4v) is 8.76. The minimum atomic E-state index is -4.79. The maximum atomic E-state index is 12.8. The molecule has 1 unspecified atom stereocenters. The van der Waals surface area contributed by atoms with Gasteiger partial charge in [0.2, 0.25) is 5.95 Å². The highest BCUT2D eigenvalue weighted by molar-refractivity contribution is 5.53. The Bertz CT molecular complexity index is 1290. The van der Waals surface area contributed by atoms with Crippen molar-refractivity contribution in [3.8, 4) is 11.8 Å². The zero-order valence-electron chi connectivity index (χ0n) is 23.9. The van der Waals surface area contributed by atoms with E-state index in [4.69, 9.17) is 0 Å². The quantitative estimate of drug-likeness (QED) is 0.345. The van der Waals surface area contributed by atoms with Gasteiger partial charge in [-0.05, 0) is 94.1 Å². The van der Waals surface area contributed by atoms with Crippen molar-refractivity contribution in [3.05, 3.63) is 41.6 Å². The first-order valence-corrected chi connectivity index (χ1v) is 15.1. The topological polar surface area (TPSA) is 106 Å². The van der Waals surface area contributed by atoms with Gasteiger partial charge in [0.25, 0.3) is 0 Å². The number of ether oxygens (including phenoxy) is 1. The Morgan fingerprint density at radius 1 is 1.10 bits per heavy atom. The van der Waals surface area contributed by atoms with E-state index in [2.05, 4.69) is 43.4 Å². The van der Waals surface area contributed by atoms with Crippen LogP contribution in [0, 0.1) is 34.5 Å². The first-order chi connectivity index (χ1) is 20.1. The fourth-order valence-electron chi connectivity index (χ4n) is 8.76. The van der Waals surface area contributed by atoms with Crippen molar-refractivity contribution in [3.63, 3.8) is 0 Å². The van der Waals surface area contributed by atoms with E-state index in [0.717, 1.165) is 51.0 Å². The third-order valence-electron chi connectivity index (χ3n) is 10.2. The highest BCUT2D eigenvalue weighted by Crippen LogP contribution is 2.61. The van der Waals surface area contributed by atoms with Gasteiger partial charge in [0.05, 0.1) is 12.3 Å². The monoisotopic (exact) mass is 584 g/mol. The van der Waals surface area contributed by atoms with E-state index in [9.17, 15) is 23.5 Å². The van der Waals surface area contributed by atoms with Gasteiger partial charge in [-0.25, -0.2) is 4.98 Å². The minimum absolute atomic E-state index is 0.0292. The van der Waals surface area contributed by atoms with Gasteiger partial charge in [-0.15, -0.1) is 13.2 Å². The van der Waals surface area contributed by atoms with Gasteiger partial charge < -0.3 is 20.5 Å². The summed E-state index contributed by atoms with van der Waals surface area (Å²) in [6, 6.07) is 9.26. The molecule has 5 atom stereocenters. The summed E-state index contributed by atoms with van der Waals surface area (Å²) in [7, 11) is 2.31. The molecule has 2 aromatic rings. The number of aliphatic hydroxyl groups is 1. The van der Waals surface area contributed by atoms with Gasteiger partial charge in [-0.1, -0.05) is 18.2 Å². The standard InChI is InChI=1S/C31H39F3N6O2/c1-40(24-6-8-25(41)9-7-24)27-21-10-19-11-22(27)14-30(12-19,13-21)18-38-28-23(15-35)17-37-29(39-28)36-16-20-4-2-3-5-26(20)42-31(32,33)34/h2-5,17,19,21-22,24-25,27,41H,6-14,16,18H2,1H3,(H2,36,37,38,39)/t19?,21-,22+,24-,25-,27-,30+. The first kappa shape index (κ1) is 29.0. The number of aromatic nitrogens is 2. The molecule has 5 saturated carbocycles. The molecule has 1 heterocycles. The van der Waals surface area contributed by atoms with Gasteiger partial charge >= 0.3 is 6.36 Å². The SMILES string of the molecule is CN([C@H]1CC[C@H](O)CC1)[C@@H]1[C@@H]2CC3C[C@H]1C[C@](CNc1nc(NCc4ccccc4OC(F)(F)F)ncc1C#N)(C3)C2. The van der Waals surface area contributed by atoms with E-state index in [1.165, 1.54) is 37.6 Å². The Balaban J connectivity index is 1.11. The lowest BCUT2D eigenvalue weighted by Crippen LogP contribution is -2.61. The molecule has 0 aliphatic heterocycles. The van der Waals surface area contributed by atoms with Crippen LogP contribution < -0.4 is 15.4 Å². The molecule has 1 aromatic heterocycles. The number of hydrogen-bond donors (Lipinski definition) is 3. The number of benzene rings is 1. The van der Waals surface area contributed by atoms with Crippen molar-refractivity contribution < 1.29 is 23.0 Å². The van der Waals surface area contributed by atoms with Gasteiger partial charge in [0.15, 0.2) is 0 Å². The lowest BCUT2D eigenvalue weighted by Gasteiger charge is -2.62. The van der Waals surface area contributed by atoms with Crippen LogP contribution in [0.4, 0.5) is 24.9 Å². The number of alkyl halides is 3. The smallest absolute Gasteiger partial charge is 0.405 e. The number of nitriles is 1. The molecular formula is C31H39F3N6O2. The van der Waals surface area contributed by atoms with Crippen molar-refractivity contribution in [2.45, 2.75) is 88.9 Å². The Morgan fingerprint density at radius 3 is 2.50 bits per heavy atom. The largest absolute Gasteiger partial charge is 0.573 e. The molecule has 1 aromatic carbocycles. The van der Waals surface area contributed by atoms with Crippen LogP contribution >= 0.6 is 0 Å². The molecule has 0 spiro atoms. The summed E-state index contributed by atoms with van der Waals surface area (Å²) in [5, 5.41) is 26.2. The molecule has 5 aliphatic carbocycles. The third-order valence-corrected chi connectivity index (χ3v) is 10.2. The van der Waals surface area contributed by atoms with E-state index in [-0.39, 0.29) is 29.8 Å². The Hall–Kier alpha value is -3.10.